The Kier molecular flexibility index (Phi) is 3.47. The fourth-order valence-electron chi connectivity index (χ4n) is 2.01. The summed E-state index contributed by atoms with van der Waals surface area (Å²) in [6.07, 6.45) is 0. The summed E-state index contributed by atoms with van der Waals surface area (Å²) in [5.74, 6) is -0.294. The van der Waals surface area contributed by atoms with Gasteiger partial charge in [-0.3, -0.25) is 0 Å². The third-order valence-electron chi connectivity index (χ3n) is 3.17. The molecule has 2 rings (SSSR count). The van der Waals surface area contributed by atoms with E-state index in [0.717, 1.165) is 0 Å². The molecule has 0 saturated carbocycles. The highest BCUT2D eigenvalue weighted by atomic mass is 35.5. The van der Waals surface area contributed by atoms with Gasteiger partial charge in [-0.15, -0.1) is 0 Å². The van der Waals surface area contributed by atoms with Gasteiger partial charge in [-0.25, -0.2) is 4.39 Å². The van der Waals surface area contributed by atoms with Crippen LogP contribution in [0, 0.1) is 29.5 Å². The molecule has 96 valence electrons. The Morgan fingerprint density at radius 3 is 2.72 bits per heavy atom. The van der Waals surface area contributed by atoms with Crippen LogP contribution >= 0.6 is 11.6 Å². The maximum atomic E-state index is 13.6. The van der Waals surface area contributed by atoms with E-state index in [1.54, 1.807) is 24.9 Å². The Labute approximate surface area is 111 Å². The zero-order valence-corrected chi connectivity index (χ0v) is 11.1. The lowest BCUT2D eigenvalue weighted by Gasteiger charge is -2.38. The smallest absolute Gasteiger partial charge is 0.128 e. The highest BCUT2D eigenvalue weighted by Crippen LogP contribution is 2.33. The highest BCUT2D eigenvalue weighted by molar-refractivity contribution is 6.33. The van der Waals surface area contributed by atoms with Crippen molar-refractivity contribution in [2.45, 2.75) is 6.92 Å². The van der Waals surface area contributed by atoms with Crippen molar-refractivity contribution >= 4 is 17.3 Å². The number of anilines is 1. The van der Waals surface area contributed by atoms with Crippen molar-refractivity contribution in [3.63, 3.8) is 0 Å². The second-order valence-electron chi connectivity index (χ2n) is 4.79. The first-order chi connectivity index (χ1) is 8.47. The van der Waals surface area contributed by atoms with Crippen LogP contribution in [-0.2, 0) is 4.74 Å². The van der Waals surface area contributed by atoms with Gasteiger partial charge >= 0.3 is 0 Å². The van der Waals surface area contributed by atoms with E-state index in [4.69, 9.17) is 21.6 Å². The van der Waals surface area contributed by atoms with Crippen LogP contribution in [0.3, 0.4) is 0 Å². The van der Waals surface area contributed by atoms with E-state index in [1.807, 2.05) is 0 Å². The van der Waals surface area contributed by atoms with Gasteiger partial charge in [0, 0.05) is 13.6 Å². The Hall–Kier alpha value is -1.31. The lowest BCUT2D eigenvalue weighted by atomic mass is 9.87. The highest BCUT2D eigenvalue weighted by Gasteiger charge is 2.40. The summed E-state index contributed by atoms with van der Waals surface area (Å²) in [6.45, 7) is 2.98. The first-order valence-electron chi connectivity index (χ1n) is 5.63. The van der Waals surface area contributed by atoms with Crippen molar-refractivity contribution < 1.29 is 9.13 Å². The average Bonchev–Trinajstić information content (AvgIpc) is 2.28. The van der Waals surface area contributed by atoms with E-state index in [1.165, 1.54) is 6.07 Å². The average molecular weight is 269 g/mol. The lowest BCUT2D eigenvalue weighted by Crippen LogP contribution is -2.49. The Morgan fingerprint density at radius 2 is 2.22 bits per heavy atom. The van der Waals surface area contributed by atoms with Crippen molar-refractivity contribution in [3.8, 4) is 6.07 Å². The van der Waals surface area contributed by atoms with Gasteiger partial charge in [0.2, 0.25) is 0 Å². The summed E-state index contributed by atoms with van der Waals surface area (Å²) in [5, 5.41) is 9.63. The van der Waals surface area contributed by atoms with Crippen LogP contribution in [0.1, 0.15) is 5.56 Å². The molecule has 0 unspecified atom stereocenters. The van der Waals surface area contributed by atoms with Gasteiger partial charge in [0.15, 0.2) is 0 Å². The summed E-state index contributed by atoms with van der Waals surface area (Å²) in [6, 6.07) is 5.26. The van der Waals surface area contributed by atoms with Crippen LogP contribution in [0.25, 0.3) is 0 Å². The third-order valence-corrected chi connectivity index (χ3v) is 3.48. The summed E-state index contributed by atoms with van der Waals surface area (Å²) in [4.78, 5) is 1.80. The van der Waals surface area contributed by atoms with E-state index in [2.05, 4.69) is 6.07 Å². The van der Waals surface area contributed by atoms with Crippen molar-refractivity contribution in [3.05, 3.63) is 28.5 Å². The minimum absolute atomic E-state index is 0.294. The molecule has 1 fully saturated rings. The molecule has 1 aliphatic heterocycles. The molecule has 1 aromatic rings. The van der Waals surface area contributed by atoms with Gasteiger partial charge in [0.25, 0.3) is 0 Å². The minimum atomic E-state index is -0.501. The second-order valence-corrected chi connectivity index (χ2v) is 5.20. The number of hydrogen-bond donors (Lipinski definition) is 0. The van der Waals surface area contributed by atoms with Gasteiger partial charge in [-0.2, -0.15) is 5.26 Å². The number of ether oxygens (including phenoxy) is 1. The van der Waals surface area contributed by atoms with Crippen LogP contribution in [-0.4, -0.2) is 26.8 Å². The molecule has 0 atom stereocenters. The molecule has 1 aromatic carbocycles. The second kappa shape index (κ2) is 4.75. The zero-order chi connectivity index (χ0) is 13.3. The topological polar surface area (TPSA) is 36.3 Å². The summed E-state index contributed by atoms with van der Waals surface area (Å²) < 4.78 is 18.6. The van der Waals surface area contributed by atoms with Crippen LogP contribution in [0.2, 0.25) is 5.02 Å². The minimum Gasteiger partial charge on any atom is -0.378 e. The van der Waals surface area contributed by atoms with Crippen LogP contribution < -0.4 is 4.90 Å². The lowest BCUT2D eigenvalue weighted by molar-refractivity contribution is -0.0716. The fraction of sp³-hybridized carbons (Fsp3) is 0.462. The molecule has 0 N–H and O–H groups in total. The Balaban J connectivity index is 2.21. The van der Waals surface area contributed by atoms with Gasteiger partial charge in [0.1, 0.15) is 11.2 Å². The normalized spacial score (nSPS) is 16.8. The van der Waals surface area contributed by atoms with Crippen molar-refractivity contribution in [2.24, 2.45) is 5.41 Å². The third kappa shape index (κ3) is 2.29. The molecule has 1 saturated heterocycles. The number of benzene rings is 1. The fourth-order valence-corrected chi connectivity index (χ4v) is 2.37. The molecule has 0 aromatic heterocycles. The number of nitriles is 1. The van der Waals surface area contributed by atoms with E-state index < -0.39 is 5.41 Å². The van der Waals surface area contributed by atoms with E-state index >= 15 is 0 Å². The zero-order valence-electron chi connectivity index (χ0n) is 10.3. The van der Waals surface area contributed by atoms with Crippen molar-refractivity contribution in [1.29, 1.82) is 5.26 Å². The van der Waals surface area contributed by atoms with Gasteiger partial charge in [0.05, 0.1) is 30.0 Å². The maximum Gasteiger partial charge on any atom is 0.128 e. The summed E-state index contributed by atoms with van der Waals surface area (Å²) >= 11 is 6.11. The van der Waals surface area contributed by atoms with E-state index in [0.29, 0.717) is 36.0 Å². The predicted molar refractivity (Wildman–Crippen MR) is 68.3 cm³/mol. The number of nitrogens with zero attached hydrogens (tertiary/aromatic N) is 2. The monoisotopic (exact) mass is 268 g/mol. The molecule has 0 radical (unpaired) electrons. The number of hydrogen-bond acceptors (Lipinski definition) is 3. The SMILES string of the molecule is Cc1cc(Cl)c(N(C)CC2(C#N)COC2)cc1F. The van der Waals surface area contributed by atoms with Gasteiger partial charge in [-0.05, 0) is 24.6 Å². The van der Waals surface area contributed by atoms with Gasteiger partial charge < -0.3 is 9.64 Å². The van der Waals surface area contributed by atoms with Gasteiger partial charge in [-0.1, -0.05) is 11.6 Å². The predicted octanol–water partition coefficient (Wildman–Crippen LogP) is 2.76. The molecule has 5 heteroatoms. The van der Waals surface area contributed by atoms with Crippen molar-refractivity contribution in [1.82, 2.24) is 0 Å². The molecule has 18 heavy (non-hydrogen) atoms. The van der Waals surface area contributed by atoms with E-state index in [9.17, 15) is 4.39 Å². The molecule has 0 bridgehead atoms. The molecule has 3 nitrogen and oxygen atoms in total. The maximum absolute atomic E-state index is 13.6. The van der Waals surface area contributed by atoms with Crippen LogP contribution in [0.5, 0.6) is 0 Å². The summed E-state index contributed by atoms with van der Waals surface area (Å²) in [7, 11) is 1.80. The van der Waals surface area contributed by atoms with Crippen LogP contribution in [0.4, 0.5) is 10.1 Å². The first kappa shape index (κ1) is 13.1. The molecular weight excluding hydrogens is 255 g/mol. The summed E-state index contributed by atoms with van der Waals surface area (Å²) in [5.41, 5.74) is 0.611. The molecular formula is C13H14ClFN2O. The van der Waals surface area contributed by atoms with Crippen molar-refractivity contribution in [2.75, 3.05) is 31.7 Å². The quantitative estimate of drug-likeness (QED) is 0.846. The van der Waals surface area contributed by atoms with E-state index in [-0.39, 0.29) is 5.82 Å². The number of rotatable bonds is 3. The molecule has 0 aliphatic carbocycles. The molecule has 0 spiro atoms. The standard InChI is InChI=1S/C13H14ClFN2O/c1-9-3-10(14)12(4-11(9)15)17(2)6-13(5-16)7-18-8-13/h3-4H,6-8H2,1-2H3. The number of aryl methyl sites for hydroxylation is 1. The molecule has 1 aliphatic rings. The largest absolute Gasteiger partial charge is 0.378 e. The molecule has 0 amide bonds. The Morgan fingerprint density at radius 1 is 1.56 bits per heavy atom. The first-order valence-corrected chi connectivity index (χ1v) is 6.01. The van der Waals surface area contributed by atoms with Crippen LogP contribution in [0.15, 0.2) is 12.1 Å². The molecule has 1 heterocycles. The number of halogens is 2. The Bertz CT molecular complexity index is 508.